The predicted octanol–water partition coefficient (Wildman–Crippen LogP) is 1.24. The van der Waals surface area contributed by atoms with Crippen LogP contribution in [0.5, 0.6) is 0 Å². The van der Waals surface area contributed by atoms with Gasteiger partial charge in [-0.05, 0) is 25.0 Å². The van der Waals surface area contributed by atoms with Gasteiger partial charge in [0.15, 0.2) is 0 Å². The van der Waals surface area contributed by atoms with Gasteiger partial charge in [0.25, 0.3) is 0 Å². The third kappa shape index (κ3) is 2.30. The van der Waals surface area contributed by atoms with E-state index in [1.54, 1.807) is 0 Å². The van der Waals surface area contributed by atoms with Crippen LogP contribution < -0.4 is 10.2 Å². The van der Waals surface area contributed by atoms with Gasteiger partial charge in [0.2, 0.25) is 11.8 Å². The van der Waals surface area contributed by atoms with Gasteiger partial charge in [-0.2, -0.15) is 0 Å². The molecule has 1 aliphatic heterocycles. The summed E-state index contributed by atoms with van der Waals surface area (Å²) >= 11 is 0. The van der Waals surface area contributed by atoms with E-state index in [9.17, 15) is 9.59 Å². The number of hydrogen-bond acceptors (Lipinski definition) is 3. The lowest BCUT2D eigenvalue weighted by molar-refractivity contribution is -0.134. The zero-order chi connectivity index (χ0) is 12.4. The van der Waals surface area contributed by atoms with Crippen molar-refractivity contribution in [1.29, 1.82) is 0 Å². The molecule has 4 nitrogen and oxygen atoms in total. The number of carbonyl (C=O) groups excluding carboxylic acids is 2. The van der Waals surface area contributed by atoms with Gasteiger partial charge in [0, 0.05) is 19.2 Å². The highest BCUT2D eigenvalue weighted by Crippen LogP contribution is 2.23. The van der Waals surface area contributed by atoms with Crippen LogP contribution in [0.3, 0.4) is 0 Å². The molecule has 1 saturated heterocycles. The predicted molar refractivity (Wildman–Crippen MR) is 65.8 cm³/mol. The van der Waals surface area contributed by atoms with Crippen molar-refractivity contribution in [1.82, 2.24) is 5.32 Å². The third-order valence-electron chi connectivity index (χ3n) is 3.17. The molecular weight excluding hydrogens is 216 g/mol. The number of likely N-dealkylation sites (N-methyl/N-ethyl adjacent to an activating group) is 1. The van der Waals surface area contributed by atoms with E-state index in [0.29, 0.717) is 12.8 Å². The Morgan fingerprint density at radius 3 is 2.65 bits per heavy atom. The molecule has 2 amide bonds. The summed E-state index contributed by atoms with van der Waals surface area (Å²) in [7, 11) is 1.89. The number of rotatable bonds is 2. The molecule has 0 aromatic heterocycles. The van der Waals surface area contributed by atoms with Crippen molar-refractivity contribution in [3.8, 4) is 0 Å². The molecule has 0 aliphatic carbocycles. The first-order valence-corrected chi connectivity index (χ1v) is 5.72. The molecule has 0 spiro atoms. The standard InChI is InChI=1S/C13H16N2O2/c1-9-5-3-4-6-10(9)15(2)11-7-8-12(16)14-13(11)17/h3-6,11H,7-8H2,1-2H3,(H,14,16,17). The van der Waals surface area contributed by atoms with E-state index in [2.05, 4.69) is 5.32 Å². The van der Waals surface area contributed by atoms with Crippen LogP contribution in [0.4, 0.5) is 5.69 Å². The molecule has 4 heteroatoms. The quantitative estimate of drug-likeness (QED) is 0.780. The summed E-state index contributed by atoms with van der Waals surface area (Å²) < 4.78 is 0. The van der Waals surface area contributed by atoms with Crippen LogP contribution in [0.25, 0.3) is 0 Å². The molecule has 1 heterocycles. The van der Waals surface area contributed by atoms with Gasteiger partial charge in [0.05, 0.1) is 0 Å². The SMILES string of the molecule is Cc1ccccc1N(C)C1CCC(=O)NC1=O. The first-order chi connectivity index (χ1) is 8.09. The Kier molecular flexibility index (Phi) is 3.13. The van der Waals surface area contributed by atoms with Crippen molar-refractivity contribution in [3.05, 3.63) is 29.8 Å². The van der Waals surface area contributed by atoms with Crippen molar-refractivity contribution in [3.63, 3.8) is 0 Å². The van der Waals surface area contributed by atoms with Crippen molar-refractivity contribution in [2.75, 3.05) is 11.9 Å². The van der Waals surface area contributed by atoms with Gasteiger partial charge in [-0.15, -0.1) is 0 Å². The number of carbonyl (C=O) groups is 2. The number of nitrogens with one attached hydrogen (secondary N) is 1. The van der Waals surface area contributed by atoms with E-state index < -0.39 is 0 Å². The molecule has 1 unspecified atom stereocenters. The number of anilines is 1. The fourth-order valence-electron chi connectivity index (χ4n) is 2.18. The minimum atomic E-state index is -0.256. The molecule has 1 aliphatic rings. The number of amides is 2. The average molecular weight is 232 g/mol. The maximum atomic E-state index is 11.8. The Hall–Kier alpha value is -1.84. The molecule has 1 N–H and O–H groups in total. The summed E-state index contributed by atoms with van der Waals surface area (Å²) in [6, 6.07) is 7.66. The van der Waals surface area contributed by atoms with Crippen molar-refractivity contribution in [2.45, 2.75) is 25.8 Å². The van der Waals surface area contributed by atoms with E-state index in [-0.39, 0.29) is 17.9 Å². The Labute approximate surface area is 101 Å². The fourth-order valence-corrected chi connectivity index (χ4v) is 2.18. The lowest BCUT2D eigenvalue weighted by Gasteiger charge is -2.32. The normalized spacial score (nSPS) is 20.0. The maximum absolute atomic E-state index is 11.8. The lowest BCUT2D eigenvalue weighted by atomic mass is 10.0. The molecular formula is C13H16N2O2. The zero-order valence-corrected chi connectivity index (χ0v) is 10.1. The number of para-hydroxylation sites is 1. The van der Waals surface area contributed by atoms with Crippen molar-refractivity contribution in [2.24, 2.45) is 0 Å². The minimum Gasteiger partial charge on any atom is -0.362 e. The lowest BCUT2D eigenvalue weighted by Crippen LogP contribution is -2.51. The van der Waals surface area contributed by atoms with Crippen LogP contribution in [-0.2, 0) is 9.59 Å². The monoisotopic (exact) mass is 232 g/mol. The van der Waals surface area contributed by atoms with Crippen LogP contribution in [-0.4, -0.2) is 24.9 Å². The first-order valence-electron chi connectivity index (χ1n) is 5.72. The number of benzene rings is 1. The molecule has 17 heavy (non-hydrogen) atoms. The van der Waals surface area contributed by atoms with Gasteiger partial charge in [-0.3, -0.25) is 14.9 Å². The molecule has 2 rings (SSSR count). The Balaban J connectivity index is 2.20. The second kappa shape index (κ2) is 4.57. The van der Waals surface area contributed by atoms with Crippen LogP contribution >= 0.6 is 0 Å². The molecule has 1 aromatic carbocycles. The van der Waals surface area contributed by atoms with Crippen LogP contribution in [0.2, 0.25) is 0 Å². The summed E-state index contributed by atoms with van der Waals surface area (Å²) in [5.41, 5.74) is 2.15. The van der Waals surface area contributed by atoms with Crippen LogP contribution in [0.15, 0.2) is 24.3 Å². The van der Waals surface area contributed by atoms with E-state index in [0.717, 1.165) is 11.3 Å². The van der Waals surface area contributed by atoms with Crippen molar-refractivity contribution < 1.29 is 9.59 Å². The molecule has 0 bridgehead atoms. The summed E-state index contributed by atoms with van der Waals surface area (Å²) in [6.45, 7) is 2.01. The Morgan fingerprint density at radius 1 is 1.29 bits per heavy atom. The summed E-state index contributed by atoms with van der Waals surface area (Å²) in [6.07, 6.45) is 0.988. The zero-order valence-electron chi connectivity index (χ0n) is 10.1. The smallest absolute Gasteiger partial charge is 0.249 e. The summed E-state index contributed by atoms with van der Waals surface area (Å²) in [4.78, 5) is 24.8. The number of imide groups is 1. The number of aryl methyl sites for hydroxylation is 1. The highest BCUT2D eigenvalue weighted by Gasteiger charge is 2.30. The van der Waals surface area contributed by atoms with E-state index in [1.807, 2.05) is 43.1 Å². The second-order valence-corrected chi connectivity index (χ2v) is 4.36. The van der Waals surface area contributed by atoms with E-state index >= 15 is 0 Å². The minimum absolute atomic E-state index is 0.176. The highest BCUT2D eigenvalue weighted by atomic mass is 16.2. The topological polar surface area (TPSA) is 49.4 Å². The first kappa shape index (κ1) is 11.6. The third-order valence-corrected chi connectivity index (χ3v) is 3.17. The maximum Gasteiger partial charge on any atom is 0.249 e. The average Bonchev–Trinajstić information content (AvgIpc) is 2.29. The molecule has 1 fully saturated rings. The molecule has 0 saturated carbocycles. The van der Waals surface area contributed by atoms with E-state index in [1.165, 1.54) is 0 Å². The number of nitrogens with zero attached hydrogens (tertiary/aromatic N) is 1. The van der Waals surface area contributed by atoms with Gasteiger partial charge in [0.1, 0.15) is 6.04 Å². The van der Waals surface area contributed by atoms with Crippen LogP contribution in [0.1, 0.15) is 18.4 Å². The Bertz CT molecular complexity index is 456. The van der Waals surface area contributed by atoms with Crippen LogP contribution in [0, 0.1) is 6.92 Å². The molecule has 1 atom stereocenters. The van der Waals surface area contributed by atoms with E-state index in [4.69, 9.17) is 0 Å². The highest BCUT2D eigenvalue weighted by molar-refractivity contribution is 6.01. The molecule has 1 aromatic rings. The fraction of sp³-hybridized carbons (Fsp3) is 0.385. The van der Waals surface area contributed by atoms with Gasteiger partial charge in [-0.1, -0.05) is 18.2 Å². The summed E-state index contributed by atoms with van der Waals surface area (Å²) in [5, 5.41) is 2.38. The molecule has 90 valence electrons. The van der Waals surface area contributed by atoms with Gasteiger partial charge in [-0.25, -0.2) is 0 Å². The molecule has 0 radical (unpaired) electrons. The number of hydrogen-bond donors (Lipinski definition) is 1. The second-order valence-electron chi connectivity index (χ2n) is 4.36. The van der Waals surface area contributed by atoms with Gasteiger partial charge < -0.3 is 4.90 Å². The largest absolute Gasteiger partial charge is 0.362 e. The number of piperidine rings is 1. The van der Waals surface area contributed by atoms with Gasteiger partial charge >= 0.3 is 0 Å². The Morgan fingerprint density at radius 2 is 2.00 bits per heavy atom. The van der Waals surface area contributed by atoms with Crippen molar-refractivity contribution >= 4 is 17.5 Å². The summed E-state index contributed by atoms with van der Waals surface area (Å²) in [5.74, 6) is -0.378.